The van der Waals surface area contributed by atoms with Crippen LogP contribution in [0.3, 0.4) is 0 Å². The second-order valence-electron chi connectivity index (χ2n) is 8.25. The van der Waals surface area contributed by atoms with Crippen LogP contribution >= 0.6 is 11.6 Å². The first-order chi connectivity index (χ1) is 16.9. The van der Waals surface area contributed by atoms with Crippen molar-refractivity contribution in [3.05, 3.63) is 94.8 Å². The number of halogens is 1. The van der Waals surface area contributed by atoms with Crippen molar-refractivity contribution in [1.29, 1.82) is 0 Å². The Morgan fingerprint density at radius 3 is 2.49 bits per heavy atom. The van der Waals surface area contributed by atoms with Crippen LogP contribution < -0.4 is 10.1 Å². The molecule has 7 nitrogen and oxygen atoms in total. The van der Waals surface area contributed by atoms with Crippen molar-refractivity contribution in [1.82, 2.24) is 14.9 Å². The molecule has 1 aromatic heterocycles. The van der Waals surface area contributed by atoms with Crippen LogP contribution in [-0.2, 0) is 24.3 Å². The number of para-hydroxylation sites is 2. The molecule has 0 aliphatic heterocycles. The largest absolute Gasteiger partial charge is 0.491 e. The highest BCUT2D eigenvalue weighted by Gasteiger charge is 2.17. The zero-order valence-corrected chi connectivity index (χ0v) is 20.0. The summed E-state index contributed by atoms with van der Waals surface area (Å²) in [6.07, 6.45) is -0.765. The third-order valence-electron chi connectivity index (χ3n) is 5.55. The number of amides is 1. The van der Waals surface area contributed by atoms with Gasteiger partial charge in [-0.25, -0.2) is 4.98 Å². The molecule has 1 amide bonds. The number of ether oxygens (including phenoxy) is 1. The number of nitrogens with one attached hydrogen (secondary N) is 1. The van der Waals surface area contributed by atoms with Crippen molar-refractivity contribution >= 4 is 34.3 Å². The summed E-state index contributed by atoms with van der Waals surface area (Å²) < 4.78 is 7.55. The van der Waals surface area contributed by atoms with Crippen LogP contribution in [0.15, 0.2) is 72.8 Å². The molecule has 3 aromatic carbocycles. The molecule has 0 radical (unpaired) electrons. The molecule has 35 heavy (non-hydrogen) atoms. The van der Waals surface area contributed by atoms with E-state index in [-0.39, 0.29) is 31.3 Å². The molecule has 0 bridgehead atoms. The van der Waals surface area contributed by atoms with Gasteiger partial charge in [-0.3, -0.25) is 9.59 Å². The highest BCUT2D eigenvalue weighted by Crippen LogP contribution is 2.18. The average Bonchev–Trinajstić information content (AvgIpc) is 3.19. The number of benzene rings is 3. The SMILES string of the molecule is CC(=O)c1ccc(OCC(O)Cn2c(CC(=O)NCc3ccc(Cl)cc3)nc3ccccc32)cc1. The Labute approximate surface area is 208 Å². The lowest BCUT2D eigenvalue weighted by molar-refractivity contribution is -0.120. The Morgan fingerprint density at radius 1 is 1.06 bits per heavy atom. The Morgan fingerprint density at radius 2 is 1.77 bits per heavy atom. The fourth-order valence-corrected chi connectivity index (χ4v) is 3.84. The van der Waals surface area contributed by atoms with Crippen LogP contribution in [-0.4, -0.2) is 39.1 Å². The van der Waals surface area contributed by atoms with E-state index in [1.165, 1.54) is 6.92 Å². The van der Waals surface area contributed by atoms with Gasteiger partial charge < -0.3 is 19.7 Å². The van der Waals surface area contributed by atoms with Gasteiger partial charge in [-0.1, -0.05) is 35.9 Å². The number of carbonyl (C=O) groups excluding carboxylic acids is 2. The minimum atomic E-state index is -0.837. The molecule has 4 aromatic rings. The van der Waals surface area contributed by atoms with Crippen molar-refractivity contribution in [3.8, 4) is 5.75 Å². The van der Waals surface area contributed by atoms with Gasteiger partial charge in [-0.15, -0.1) is 0 Å². The number of nitrogens with zero attached hydrogens (tertiary/aromatic N) is 2. The van der Waals surface area contributed by atoms with E-state index in [4.69, 9.17) is 16.3 Å². The number of imidazole rings is 1. The average molecular weight is 492 g/mol. The normalized spacial score (nSPS) is 11.9. The predicted molar refractivity (Wildman–Crippen MR) is 135 cm³/mol. The number of rotatable bonds is 10. The van der Waals surface area contributed by atoms with Gasteiger partial charge in [-0.2, -0.15) is 0 Å². The summed E-state index contributed by atoms with van der Waals surface area (Å²) in [5.74, 6) is 0.928. The maximum absolute atomic E-state index is 12.7. The first kappa shape index (κ1) is 24.4. The van der Waals surface area contributed by atoms with Crippen molar-refractivity contribution in [2.45, 2.75) is 32.5 Å². The summed E-state index contributed by atoms with van der Waals surface area (Å²) in [4.78, 5) is 28.7. The topological polar surface area (TPSA) is 93.5 Å². The van der Waals surface area contributed by atoms with Crippen LogP contribution in [0, 0.1) is 0 Å². The minimum absolute atomic E-state index is 0.0201. The molecule has 8 heteroatoms. The smallest absolute Gasteiger partial charge is 0.227 e. The quantitative estimate of drug-likeness (QED) is 0.324. The van der Waals surface area contributed by atoms with Gasteiger partial charge in [0.25, 0.3) is 0 Å². The van der Waals surface area contributed by atoms with Gasteiger partial charge in [0.1, 0.15) is 24.3 Å². The molecule has 0 saturated heterocycles. The number of aromatic nitrogens is 2. The third-order valence-corrected chi connectivity index (χ3v) is 5.80. The molecule has 1 atom stereocenters. The zero-order chi connectivity index (χ0) is 24.8. The van der Waals surface area contributed by atoms with E-state index in [1.54, 1.807) is 36.4 Å². The van der Waals surface area contributed by atoms with Crippen LogP contribution in [0.2, 0.25) is 5.02 Å². The van der Waals surface area contributed by atoms with Gasteiger partial charge in [0.15, 0.2) is 5.78 Å². The summed E-state index contributed by atoms with van der Waals surface area (Å²) in [6, 6.07) is 21.6. The highest BCUT2D eigenvalue weighted by atomic mass is 35.5. The lowest BCUT2D eigenvalue weighted by Gasteiger charge is -2.16. The van der Waals surface area contributed by atoms with E-state index in [0.29, 0.717) is 28.7 Å². The van der Waals surface area contributed by atoms with Gasteiger partial charge in [0, 0.05) is 17.1 Å². The van der Waals surface area contributed by atoms with E-state index in [9.17, 15) is 14.7 Å². The number of hydrogen-bond donors (Lipinski definition) is 2. The maximum atomic E-state index is 12.7. The number of ketones is 1. The Hall–Kier alpha value is -3.68. The standard InChI is InChI=1S/C27H26ClN3O4/c1-18(32)20-8-12-23(13-9-20)35-17-22(33)16-31-25-5-3-2-4-24(25)30-26(31)14-27(34)29-15-19-6-10-21(28)11-7-19/h2-13,22,33H,14-17H2,1H3,(H,29,34). The molecule has 0 fully saturated rings. The molecule has 1 heterocycles. The summed E-state index contributed by atoms with van der Waals surface area (Å²) in [5.41, 5.74) is 3.13. The van der Waals surface area contributed by atoms with E-state index >= 15 is 0 Å². The lowest BCUT2D eigenvalue weighted by Crippen LogP contribution is -2.28. The van der Waals surface area contributed by atoms with Crippen LogP contribution in [0.5, 0.6) is 5.75 Å². The second kappa shape index (κ2) is 11.2. The van der Waals surface area contributed by atoms with Crippen molar-refractivity contribution in [2.24, 2.45) is 0 Å². The molecule has 2 N–H and O–H groups in total. The molecule has 0 saturated carbocycles. The van der Waals surface area contributed by atoms with E-state index in [2.05, 4.69) is 10.3 Å². The summed E-state index contributed by atoms with van der Waals surface area (Å²) in [7, 11) is 0. The highest BCUT2D eigenvalue weighted by molar-refractivity contribution is 6.30. The molecular formula is C27H26ClN3O4. The van der Waals surface area contributed by atoms with Crippen molar-refractivity contribution < 1.29 is 19.4 Å². The first-order valence-corrected chi connectivity index (χ1v) is 11.6. The molecule has 4 rings (SSSR count). The minimum Gasteiger partial charge on any atom is -0.491 e. The fraction of sp³-hybridized carbons (Fsp3) is 0.222. The summed E-state index contributed by atoms with van der Waals surface area (Å²) in [5, 5.41) is 14.2. The molecule has 0 spiro atoms. The van der Waals surface area contributed by atoms with Gasteiger partial charge in [0.05, 0.1) is 24.0 Å². The number of aliphatic hydroxyl groups excluding tert-OH is 1. The van der Waals surface area contributed by atoms with Crippen LogP contribution in [0.25, 0.3) is 11.0 Å². The van der Waals surface area contributed by atoms with Crippen molar-refractivity contribution in [2.75, 3.05) is 6.61 Å². The molecule has 180 valence electrons. The number of carbonyl (C=O) groups is 2. The maximum Gasteiger partial charge on any atom is 0.227 e. The Kier molecular flexibility index (Phi) is 7.80. The second-order valence-corrected chi connectivity index (χ2v) is 8.69. The Bertz CT molecular complexity index is 1320. The van der Waals surface area contributed by atoms with E-state index in [1.807, 2.05) is 41.0 Å². The van der Waals surface area contributed by atoms with Crippen LogP contribution in [0.4, 0.5) is 0 Å². The molecule has 0 aliphatic carbocycles. The molecular weight excluding hydrogens is 466 g/mol. The van der Waals surface area contributed by atoms with Crippen LogP contribution in [0.1, 0.15) is 28.7 Å². The first-order valence-electron chi connectivity index (χ1n) is 11.3. The number of fused-ring (bicyclic) bond motifs is 1. The van der Waals surface area contributed by atoms with E-state index < -0.39 is 6.10 Å². The molecule has 0 aliphatic rings. The number of aliphatic hydroxyl groups is 1. The molecule has 1 unspecified atom stereocenters. The van der Waals surface area contributed by atoms with Gasteiger partial charge in [-0.05, 0) is 61.0 Å². The van der Waals surface area contributed by atoms with Crippen molar-refractivity contribution in [3.63, 3.8) is 0 Å². The van der Waals surface area contributed by atoms with Gasteiger partial charge >= 0.3 is 0 Å². The summed E-state index contributed by atoms with van der Waals surface area (Å²) >= 11 is 5.91. The van der Waals surface area contributed by atoms with E-state index in [0.717, 1.165) is 16.6 Å². The Balaban J connectivity index is 1.41. The number of Topliss-reactive ketones (excluding diaryl/α,β-unsaturated/α-hetero) is 1. The lowest BCUT2D eigenvalue weighted by atomic mass is 10.1. The van der Waals surface area contributed by atoms with Gasteiger partial charge in [0.2, 0.25) is 5.91 Å². The zero-order valence-electron chi connectivity index (χ0n) is 19.3. The predicted octanol–water partition coefficient (Wildman–Crippen LogP) is 4.19. The monoisotopic (exact) mass is 491 g/mol. The third kappa shape index (κ3) is 6.47. The number of hydrogen-bond acceptors (Lipinski definition) is 5. The fourth-order valence-electron chi connectivity index (χ4n) is 3.71. The summed E-state index contributed by atoms with van der Waals surface area (Å²) in [6.45, 7) is 2.15.